The number of carbonyl (C=O) groups is 1. The van der Waals surface area contributed by atoms with Gasteiger partial charge in [0.2, 0.25) is 10.0 Å². The molecule has 2 aromatic carbocycles. The molecule has 31 heavy (non-hydrogen) atoms. The van der Waals surface area contributed by atoms with Crippen molar-refractivity contribution >= 4 is 15.9 Å². The van der Waals surface area contributed by atoms with E-state index < -0.39 is 10.0 Å². The molecule has 1 amide bonds. The van der Waals surface area contributed by atoms with Crippen LogP contribution in [0.15, 0.2) is 66.1 Å². The van der Waals surface area contributed by atoms with Crippen molar-refractivity contribution in [3.8, 4) is 5.75 Å². The zero-order chi connectivity index (χ0) is 22.7. The third kappa shape index (κ3) is 7.82. The van der Waals surface area contributed by atoms with Crippen molar-refractivity contribution in [2.75, 3.05) is 32.8 Å². The van der Waals surface area contributed by atoms with E-state index in [1.165, 1.54) is 12.1 Å². The highest BCUT2D eigenvalue weighted by molar-refractivity contribution is 7.89. The van der Waals surface area contributed by atoms with E-state index in [-0.39, 0.29) is 22.9 Å². The molecular formula is C23H31N3O4S. The Morgan fingerprint density at radius 2 is 1.84 bits per heavy atom. The quantitative estimate of drug-likeness (QED) is 0.463. The maximum absolute atomic E-state index is 12.6. The molecule has 0 aliphatic heterocycles. The van der Waals surface area contributed by atoms with E-state index in [2.05, 4.69) is 35.4 Å². The maximum atomic E-state index is 12.6. The van der Waals surface area contributed by atoms with E-state index in [1.807, 2.05) is 24.3 Å². The molecule has 2 rings (SSSR count). The lowest BCUT2D eigenvalue weighted by atomic mass is 10.2. The van der Waals surface area contributed by atoms with Gasteiger partial charge in [-0.25, -0.2) is 13.1 Å². The van der Waals surface area contributed by atoms with Gasteiger partial charge in [-0.15, -0.1) is 6.58 Å². The number of nitrogens with zero attached hydrogens (tertiary/aromatic N) is 1. The van der Waals surface area contributed by atoms with Crippen molar-refractivity contribution in [3.05, 3.63) is 72.3 Å². The summed E-state index contributed by atoms with van der Waals surface area (Å²) in [6.07, 6.45) is 1.56. The van der Waals surface area contributed by atoms with Gasteiger partial charge in [0.1, 0.15) is 12.4 Å². The van der Waals surface area contributed by atoms with E-state index in [0.717, 1.165) is 30.9 Å². The van der Waals surface area contributed by atoms with Gasteiger partial charge in [-0.05, 0) is 49.0 Å². The van der Waals surface area contributed by atoms with Crippen LogP contribution in [0, 0.1) is 0 Å². The van der Waals surface area contributed by atoms with Crippen molar-refractivity contribution in [2.45, 2.75) is 25.3 Å². The Kier molecular flexibility index (Phi) is 9.71. The molecule has 0 atom stereocenters. The third-order valence-corrected chi connectivity index (χ3v) is 6.17. The van der Waals surface area contributed by atoms with Crippen LogP contribution in [0.5, 0.6) is 5.75 Å². The SMILES string of the molecule is C=CCNC(=O)c1cccc(S(=O)(=O)NCc2ccc(OCCN(CC)CC)cc2)c1. The topological polar surface area (TPSA) is 87.7 Å². The van der Waals surface area contributed by atoms with Crippen molar-refractivity contribution in [2.24, 2.45) is 0 Å². The van der Waals surface area contributed by atoms with Gasteiger partial charge in [-0.3, -0.25) is 4.79 Å². The first kappa shape index (κ1) is 24.6. The van der Waals surface area contributed by atoms with Crippen molar-refractivity contribution < 1.29 is 17.9 Å². The van der Waals surface area contributed by atoms with Crippen molar-refractivity contribution in [3.63, 3.8) is 0 Å². The lowest BCUT2D eigenvalue weighted by Crippen LogP contribution is -2.27. The largest absolute Gasteiger partial charge is 0.492 e. The molecule has 0 bridgehead atoms. The third-order valence-electron chi connectivity index (χ3n) is 4.77. The number of carbonyl (C=O) groups excluding carboxylic acids is 1. The minimum absolute atomic E-state index is 0.0371. The Morgan fingerprint density at radius 1 is 1.13 bits per heavy atom. The number of ether oxygens (including phenoxy) is 1. The smallest absolute Gasteiger partial charge is 0.251 e. The van der Waals surface area contributed by atoms with Crippen molar-refractivity contribution in [1.29, 1.82) is 0 Å². The van der Waals surface area contributed by atoms with E-state index >= 15 is 0 Å². The number of hydrogen-bond acceptors (Lipinski definition) is 5. The number of benzene rings is 2. The summed E-state index contributed by atoms with van der Waals surface area (Å²) in [6, 6.07) is 13.2. The van der Waals surface area contributed by atoms with Gasteiger partial charge in [0, 0.05) is 25.2 Å². The molecule has 0 aliphatic carbocycles. The Bertz CT molecular complexity index is 955. The molecular weight excluding hydrogens is 414 g/mol. The van der Waals surface area contributed by atoms with Crippen molar-refractivity contribution in [1.82, 2.24) is 14.9 Å². The average Bonchev–Trinajstić information content (AvgIpc) is 2.80. The number of rotatable bonds is 13. The number of sulfonamides is 1. The van der Waals surface area contributed by atoms with Crippen LogP contribution >= 0.6 is 0 Å². The van der Waals surface area contributed by atoms with Gasteiger partial charge >= 0.3 is 0 Å². The second-order valence-corrected chi connectivity index (χ2v) is 8.64. The highest BCUT2D eigenvalue weighted by Crippen LogP contribution is 2.15. The molecule has 168 valence electrons. The van der Waals surface area contributed by atoms with Gasteiger partial charge in [-0.2, -0.15) is 0 Å². The van der Waals surface area contributed by atoms with Crippen LogP contribution in [0.25, 0.3) is 0 Å². The van der Waals surface area contributed by atoms with Crippen LogP contribution in [0.2, 0.25) is 0 Å². The Hall–Kier alpha value is -2.68. The van der Waals surface area contributed by atoms with Crippen LogP contribution in [-0.4, -0.2) is 52.0 Å². The zero-order valence-corrected chi connectivity index (χ0v) is 19.0. The zero-order valence-electron chi connectivity index (χ0n) is 18.1. The minimum Gasteiger partial charge on any atom is -0.492 e. The van der Waals surface area contributed by atoms with E-state index in [0.29, 0.717) is 13.2 Å². The number of nitrogens with one attached hydrogen (secondary N) is 2. The normalized spacial score (nSPS) is 11.3. The monoisotopic (exact) mass is 445 g/mol. The lowest BCUT2D eigenvalue weighted by Gasteiger charge is -2.18. The Labute approximate surface area is 185 Å². The van der Waals surface area contributed by atoms with Gasteiger partial charge in [0.25, 0.3) is 5.91 Å². The van der Waals surface area contributed by atoms with Crippen LogP contribution in [0.1, 0.15) is 29.8 Å². The van der Waals surface area contributed by atoms with Crippen LogP contribution in [-0.2, 0) is 16.6 Å². The molecule has 0 heterocycles. The molecule has 0 saturated heterocycles. The summed E-state index contributed by atoms with van der Waals surface area (Å²) in [7, 11) is -3.76. The molecule has 0 radical (unpaired) electrons. The number of likely N-dealkylation sites (N-methyl/N-ethyl adjacent to an activating group) is 1. The summed E-state index contributed by atoms with van der Waals surface area (Å²) >= 11 is 0. The maximum Gasteiger partial charge on any atom is 0.251 e. The molecule has 0 aliphatic rings. The first-order valence-corrected chi connectivity index (χ1v) is 11.8. The first-order chi connectivity index (χ1) is 14.9. The van der Waals surface area contributed by atoms with E-state index in [9.17, 15) is 13.2 Å². The fourth-order valence-corrected chi connectivity index (χ4v) is 3.93. The van der Waals surface area contributed by atoms with E-state index in [4.69, 9.17) is 4.74 Å². The molecule has 2 N–H and O–H groups in total. The highest BCUT2D eigenvalue weighted by atomic mass is 32.2. The standard InChI is InChI=1S/C23H31N3O4S/c1-4-14-24-23(27)20-8-7-9-22(17-20)31(28,29)25-18-19-10-12-21(13-11-19)30-16-15-26(5-2)6-3/h4,7-13,17,25H,1,5-6,14-16,18H2,2-3H3,(H,24,27). The summed E-state index contributed by atoms with van der Waals surface area (Å²) in [5.41, 5.74) is 1.08. The lowest BCUT2D eigenvalue weighted by molar-refractivity contribution is 0.0958. The minimum atomic E-state index is -3.76. The van der Waals surface area contributed by atoms with Crippen LogP contribution in [0.3, 0.4) is 0 Å². The number of amides is 1. The fraction of sp³-hybridized carbons (Fsp3) is 0.348. The molecule has 2 aromatic rings. The first-order valence-electron chi connectivity index (χ1n) is 10.3. The summed E-state index contributed by atoms with van der Waals surface area (Å²) in [6.45, 7) is 11.7. The Morgan fingerprint density at radius 3 is 2.48 bits per heavy atom. The molecule has 0 unspecified atom stereocenters. The second kappa shape index (κ2) is 12.2. The van der Waals surface area contributed by atoms with Crippen LogP contribution < -0.4 is 14.8 Å². The summed E-state index contributed by atoms with van der Waals surface area (Å²) in [4.78, 5) is 14.4. The van der Waals surface area contributed by atoms with Gasteiger partial charge in [-0.1, -0.05) is 38.1 Å². The molecule has 8 heteroatoms. The summed E-state index contributed by atoms with van der Waals surface area (Å²) < 4.78 is 33.6. The molecule has 7 nitrogen and oxygen atoms in total. The fourth-order valence-electron chi connectivity index (χ4n) is 2.87. The molecule has 0 fully saturated rings. The van der Waals surface area contributed by atoms with Gasteiger partial charge in [0.05, 0.1) is 4.90 Å². The number of hydrogen-bond donors (Lipinski definition) is 2. The van der Waals surface area contributed by atoms with Gasteiger partial charge in [0.15, 0.2) is 0 Å². The summed E-state index contributed by atoms with van der Waals surface area (Å²) in [5, 5.41) is 2.63. The highest BCUT2D eigenvalue weighted by Gasteiger charge is 2.16. The summed E-state index contributed by atoms with van der Waals surface area (Å²) in [5.74, 6) is 0.394. The molecule has 0 saturated carbocycles. The average molecular weight is 446 g/mol. The van der Waals surface area contributed by atoms with Crippen LogP contribution in [0.4, 0.5) is 0 Å². The van der Waals surface area contributed by atoms with Gasteiger partial charge < -0.3 is 15.0 Å². The Balaban J connectivity index is 1.93. The predicted molar refractivity (Wildman–Crippen MR) is 123 cm³/mol. The second-order valence-electron chi connectivity index (χ2n) is 6.87. The predicted octanol–water partition coefficient (Wildman–Crippen LogP) is 2.80. The molecule has 0 aromatic heterocycles. The van der Waals surface area contributed by atoms with E-state index in [1.54, 1.807) is 18.2 Å². The molecule has 0 spiro atoms.